The molecule has 0 fully saturated rings. The van der Waals surface area contributed by atoms with Crippen molar-refractivity contribution in [2.75, 3.05) is 7.05 Å². The van der Waals surface area contributed by atoms with Crippen LogP contribution in [-0.4, -0.2) is 22.0 Å². The third-order valence-corrected chi connectivity index (χ3v) is 2.94. The van der Waals surface area contributed by atoms with Gasteiger partial charge >= 0.3 is 0 Å². The number of hydrogen-bond donors (Lipinski definition) is 1. The second kappa shape index (κ2) is 5.88. The lowest BCUT2D eigenvalue weighted by molar-refractivity contribution is 0.504. The standard InChI is InChI=1S/C13H16F2N4/c1-3-6-19-12(8-17-18-19)13(16-2)10-5-4-9(14)7-11(10)15/h4-5,7-8,13,16H,3,6H2,1-2H3. The van der Waals surface area contributed by atoms with Gasteiger partial charge in [0.15, 0.2) is 0 Å². The second-order valence-electron chi connectivity index (χ2n) is 4.27. The number of nitrogens with one attached hydrogen (secondary N) is 1. The first-order valence-corrected chi connectivity index (χ1v) is 6.18. The smallest absolute Gasteiger partial charge is 0.131 e. The van der Waals surface area contributed by atoms with Gasteiger partial charge in [0.1, 0.15) is 11.6 Å². The Hall–Kier alpha value is -1.82. The second-order valence-corrected chi connectivity index (χ2v) is 4.27. The molecular weight excluding hydrogens is 250 g/mol. The van der Waals surface area contributed by atoms with Gasteiger partial charge in [-0.3, -0.25) is 0 Å². The summed E-state index contributed by atoms with van der Waals surface area (Å²) in [6, 6.07) is 3.17. The first-order valence-electron chi connectivity index (χ1n) is 6.18. The third-order valence-electron chi connectivity index (χ3n) is 2.94. The van der Waals surface area contributed by atoms with Crippen LogP contribution in [0.25, 0.3) is 0 Å². The Morgan fingerprint density at radius 1 is 1.37 bits per heavy atom. The molecule has 1 aromatic heterocycles. The van der Waals surface area contributed by atoms with E-state index in [4.69, 9.17) is 0 Å². The molecule has 0 spiro atoms. The van der Waals surface area contributed by atoms with Crippen molar-refractivity contribution in [3.8, 4) is 0 Å². The molecular formula is C13H16F2N4. The van der Waals surface area contributed by atoms with Crippen LogP contribution in [0.1, 0.15) is 30.6 Å². The van der Waals surface area contributed by atoms with E-state index < -0.39 is 17.7 Å². The summed E-state index contributed by atoms with van der Waals surface area (Å²) in [5, 5.41) is 10.9. The van der Waals surface area contributed by atoms with E-state index in [1.165, 1.54) is 12.1 Å². The van der Waals surface area contributed by atoms with Crippen molar-refractivity contribution in [2.45, 2.75) is 25.9 Å². The lowest BCUT2D eigenvalue weighted by atomic mass is 10.0. The number of aromatic nitrogens is 3. The minimum absolute atomic E-state index is 0.378. The zero-order valence-corrected chi connectivity index (χ0v) is 10.9. The van der Waals surface area contributed by atoms with Crippen LogP contribution in [0, 0.1) is 11.6 Å². The van der Waals surface area contributed by atoms with E-state index in [0.717, 1.165) is 18.2 Å². The zero-order chi connectivity index (χ0) is 13.8. The van der Waals surface area contributed by atoms with Crippen molar-refractivity contribution in [1.29, 1.82) is 0 Å². The van der Waals surface area contributed by atoms with E-state index in [1.54, 1.807) is 17.9 Å². The first kappa shape index (κ1) is 13.6. The van der Waals surface area contributed by atoms with E-state index in [1.807, 2.05) is 6.92 Å². The minimum Gasteiger partial charge on any atom is -0.308 e. The zero-order valence-electron chi connectivity index (χ0n) is 10.9. The van der Waals surface area contributed by atoms with Gasteiger partial charge in [0.25, 0.3) is 0 Å². The van der Waals surface area contributed by atoms with Gasteiger partial charge in [-0.1, -0.05) is 18.2 Å². The fourth-order valence-electron chi connectivity index (χ4n) is 2.07. The molecule has 1 aromatic carbocycles. The molecule has 1 N–H and O–H groups in total. The van der Waals surface area contributed by atoms with E-state index in [2.05, 4.69) is 15.6 Å². The normalized spacial score (nSPS) is 12.6. The molecule has 1 heterocycles. The summed E-state index contributed by atoms with van der Waals surface area (Å²) < 4.78 is 28.6. The Labute approximate surface area is 110 Å². The molecule has 0 saturated heterocycles. The van der Waals surface area contributed by atoms with Crippen LogP contribution in [0.3, 0.4) is 0 Å². The van der Waals surface area contributed by atoms with Crippen molar-refractivity contribution in [3.05, 3.63) is 47.3 Å². The third kappa shape index (κ3) is 2.78. The van der Waals surface area contributed by atoms with Crippen LogP contribution in [0.15, 0.2) is 24.4 Å². The van der Waals surface area contributed by atoms with Crippen molar-refractivity contribution in [2.24, 2.45) is 0 Å². The number of rotatable bonds is 5. The summed E-state index contributed by atoms with van der Waals surface area (Å²) in [5.41, 5.74) is 1.14. The molecule has 1 atom stereocenters. The average Bonchev–Trinajstić information content (AvgIpc) is 2.82. The molecule has 2 aromatic rings. The molecule has 6 heteroatoms. The maximum atomic E-state index is 13.9. The van der Waals surface area contributed by atoms with Crippen LogP contribution in [0.4, 0.5) is 8.78 Å². The molecule has 0 aliphatic heterocycles. The highest BCUT2D eigenvalue weighted by Crippen LogP contribution is 2.24. The highest BCUT2D eigenvalue weighted by atomic mass is 19.1. The van der Waals surface area contributed by atoms with Gasteiger partial charge in [0.2, 0.25) is 0 Å². The first-order chi connectivity index (χ1) is 9.17. The van der Waals surface area contributed by atoms with Gasteiger partial charge in [-0.25, -0.2) is 13.5 Å². The van der Waals surface area contributed by atoms with Crippen molar-refractivity contribution >= 4 is 0 Å². The van der Waals surface area contributed by atoms with Crippen LogP contribution < -0.4 is 5.32 Å². The fraction of sp³-hybridized carbons (Fsp3) is 0.385. The van der Waals surface area contributed by atoms with E-state index >= 15 is 0 Å². The Morgan fingerprint density at radius 2 is 2.16 bits per heavy atom. The fourth-order valence-corrected chi connectivity index (χ4v) is 2.07. The van der Waals surface area contributed by atoms with Gasteiger partial charge < -0.3 is 5.32 Å². The maximum Gasteiger partial charge on any atom is 0.131 e. The van der Waals surface area contributed by atoms with E-state index in [0.29, 0.717) is 12.1 Å². The predicted molar refractivity (Wildman–Crippen MR) is 67.6 cm³/mol. The number of hydrogen-bond acceptors (Lipinski definition) is 3. The molecule has 1 unspecified atom stereocenters. The Kier molecular flexibility index (Phi) is 4.21. The summed E-state index contributed by atoms with van der Waals surface area (Å²) in [4.78, 5) is 0. The molecule has 19 heavy (non-hydrogen) atoms. The van der Waals surface area contributed by atoms with Gasteiger partial charge in [0, 0.05) is 18.2 Å². The predicted octanol–water partition coefficient (Wildman–Crippen LogP) is 2.28. The van der Waals surface area contributed by atoms with Crippen LogP contribution in [0.5, 0.6) is 0 Å². The minimum atomic E-state index is -0.587. The maximum absolute atomic E-state index is 13.9. The van der Waals surface area contributed by atoms with Gasteiger partial charge in [-0.2, -0.15) is 0 Å². The number of halogens is 2. The summed E-state index contributed by atoms with van der Waals surface area (Å²) >= 11 is 0. The molecule has 0 aliphatic carbocycles. The lowest BCUT2D eigenvalue weighted by Crippen LogP contribution is -2.22. The number of aryl methyl sites for hydroxylation is 1. The highest BCUT2D eigenvalue weighted by Gasteiger charge is 2.20. The van der Waals surface area contributed by atoms with Crippen LogP contribution in [0.2, 0.25) is 0 Å². The molecule has 0 amide bonds. The Bertz CT molecular complexity index is 553. The topological polar surface area (TPSA) is 42.7 Å². The van der Waals surface area contributed by atoms with Gasteiger partial charge in [-0.15, -0.1) is 5.10 Å². The average molecular weight is 266 g/mol. The molecule has 102 valence electrons. The Balaban J connectivity index is 2.41. The summed E-state index contributed by atoms with van der Waals surface area (Å²) in [7, 11) is 1.72. The molecule has 4 nitrogen and oxygen atoms in total. The van der Waals surface area contributed by atoms with E-state index in [-0.39, 0.29) is 0 Å². The van der Waals surface area contributed by atoms with E-state index in [9.17, 15) is 8.78 Å². The SMILES string of the molecule is CCCn1nncc1C(NC)c1ccc(F)cc1F. The Morgan fingerprint density at radius 3 is 2.79 bits per heavy atom. The van der Waals surface area contributed by atoms with Crippen LogP contribution >= 0.6 is 0 Å². The molecule has 0 bridgehead atoms. The van der Waals surface area contributed by atoms with Crippen LogP contribution in [-0.2, 0) is 6.54 Å². The molecule has 2 rings (SSSR count). The monoisotopic (exact) mass is 266 g/mol. The van der Waals surface area contributed by atoms with Crippen molar-refractivity contribution in [1.82, 2.24) is 20.3 Å². The summed E-state index contributed by atoms with van der Waals surface area (Å²) in [5.74, 6) is -1.17. The van der Waals surface area contributed by atoms with Crippen molar-refractivity contribution < 1.29 is 8.78 Å². The summed E-state index contributed by atoms with van der Waals surface area (Å²) in [6.45, 7) is 2.73. The van der Waals surface area contributed by atoms with Gasteiger partial charge in [0.05, 0.1) is 17.9 Å². The molecule has 0 aliphatic rings. The van der Waals surface area contributed by atoms with Crippen molar-refractivity contribution in [3.63, 3.8) is 0 Å². The quantitative estimate of drug-likeness (QED) is 0.902. The molecule has 0 saturated carbocycles. The number of benzene rings is 1. The van der Waals surface area contributed by atoms with Gasteiger partial charge in [-0.05, 0) is 19.5 Å². The lowest BCUT2D eigenvalue weighted by Gasteiger charge is -2.18. The highest BCUT2D eigenvalue weighted by molar-refractivity contribution is 5.28. The number of nitrogens with zero attached hydrogens (tertiary/aromatic N) is 3. The largest absolute Gasteiger partial charge is 0.308 e. The molecule has 0 radical (unpaired) electrons. The summed E-state index contributed by atoms with van der Waals surface area (Å²) in [6.07, 6.45) is 2.50.